The van der Waals surface area contributed by atoms with Crippen LogP contribution in [0.15, 0.2) is 18.2 Å². The summed E-state index contributed by atoms with van der Waals surface area (Å²) in [4.78, 5) is 0. The van der Waals surface area contributed by atoms with Gasteiger partial charge >= 0.3 is 0 Å². The Morgan fingerprint density at radius 3 is 2.63 bits per heavy atom. The van der Waals surface area contributed by atoms with Crippen molar-refractivity contribution in [2.75, 3.05) is 13.2 Å². The number of benzene rings is 1. The van der Waals surface area contributed by atoms with Crippen LogP contribution in [0.25, 0.3) is 0 Å². The molecule has 0 bridgehead atoms. The highest BCUT2D eigenvalue weighted by Crippen LogP contribution is 2.23. The molecule has 0 radical (unpaired) electrons. The first kappa shape index (κ1) is 16.1. The maximum absolute atomic E-state index is 13.5. The third kappa shape index (κ3) is 5.29. The summed E-state index contributed by atoms with van der Waals surface area (Å²) >= 11 is 0. The van der Waals surface area contributed by atoms with E-state index in [4.69, 9.17) is 5.11 Å². The molecule has 108 valence electrons. The highest BCUT2D eigenvalue weighted by atomic mass is 19.1. The second-order valence-electron chi connectivity index (χ2n) is 6.10. The van der Waals surface area contributed by atoms with Gasteiger partial charge in [-0.2, -0.15) is 0 Å². The molecule has 0 aliphatic carbocycles. The Morgan fingerprint density at radius 1 is 1.37 bits per heavy atom. The van der Waals surface area contributed by atoms with Gasteiger partial charge in [-0.15, -0.1) is 0 Å². The Balaban J connectivity index is 2.54. The molecule has 0 saturated heterocycles. The number of hydrogen-bond acceptors (Lipinski definition) is 2. The third-order valence-electron chi connectivity index (χ3n) is 3.59. The Labute approximate surface area is 116 Å². The van der Waals surface area contributed by atoms with Crippen LogP contribution in [0.4, 0.5) is 4.39 Å². The standard InChI is InChI=1S/C16H26FNO/c1-12-6-7-14(10-15(12)17)13(2)18-11-16(3,4)8-5-9-19/h6-7,10,13,18-19H,5,8-9,11H2,1-4H3. The van der Waals surface area contributed by atoms with Crippen LogP contribution in [-0.4, -0.2) is 18.3 Å². The van der Waals surface area contributed by atoms with Gasteiger partial charge in [-0.25, -0.2) is 4.39 Å². The fourth-order valence-electron chi connectivity index (χ4n) is 2.07. The van der Waals surface area contributed by atoms with Crippen LogP contribution in [-0.2, 0) is 0 Å². The zero-order chi connectivity index (χ0) is 14.5. The number of aliphatic hydroxyl groups is 1. The maximum Gasteiger partial charge on any atom is 0.126 e. The topological polar surface area (TPSA) is 32.3 Å². The van der Waals surface area contributed by atoms with Crippen molar-refractivity contribution in [1.82, 2.24) is 5.32 Å². The SMILES string of the molecule is Cc1ccc(C(C)NCC(C)(C)CCCO)cc1F. The van der Waals surface area contributed by atoms with E-state index in [9.17, 15) is 4.39 Å². The molecule has 1 atom stereocenters. The average Bonchev–Trinajstić information content (AvgIpc) is 2.37. The summed E-state index contributed by atoms with van der Waals surface area (Å²) in [5, 5.41) is 12.3. The molecule has 2 N–H and O–H groups in total. The minimum Gasteiger partial charge on any atom is -0.396 e. The van der Waals surface area contributed by atoms with E-state index in [2.05, 4.69) is 19.2 Å². The summed E-state index contributed by atoms with van der Waals surface area (Å²) in [6, 6.07) is 5.52. The highest BCUT2D eigenvalue weighted by molar-refractivity contribution is 5.25. The molecule has 1 aromatic rings. The van der Waals surface area contributed by atoms with Crippen molar-refractivity contribution in [3.8, 4) is 0 Å². The van der Waals surface area contributed by atoms with Gasteiger partial charge in [0.05, 0.1) is 0 Å². The number of aliphatic hydroxyl groups excluding tert-OH is 1. The largest absolute Gasteiger partial charge is 0.396 e. The van der Waals surface area contributed by atoms with Crippen LogP contribution in [0.2, 0.25) is 0 Å². The van der Waals surface area contributed by atoms with E-state index in [0.29, 0.717) is 5.56 Å². The van der Waals surface area contributed by atoms with E-state index in [-0.39, 0.29) is 23.9 Å². The van der Waals surface area contributed by atoms with Gasteiger partial charge < -0.3 is 10.4 Å². The Morgan fingerprint density at radius 2 is 2.05 bits per heavy atom. The summed E-state index contributed by atoms with van der Waals surface area (Å²) in [5.74, 6) is -0.148. The van der Waals surface area contributed by atoms with Crippen LogP contribution < -0.4 is 5.32 Å². The quantitative estimate of drug-likeness (QED) is 0.791. The number of nitrogens with one attached hydrogen (secondary N) is 1. The van der Waals surface area contributed by atoms with Crippen LogP contribution in [0.5, 0.6) is 0 Å². The van der Waals surface area contributed by atoms with E-state index in [1.807, 2.05) is 19.1 Å². The number of hydrogen-bond donors (Lipinski definition) is 2. The van der Waals surface area contributed by atoms with E-state index < -0.39 is 0 Å². The Bertz CT molecular complexity index is 404. The molecule has 3 heteroatoms. The summed E-state index contributed by atoms with van der Waals surface area (Å²) in [5.41, 5.74) is 1.79. The zero-order valence-electron chi connectivity index (χ0n) is 12.5. The number of halogens is 1. The monoisotopic (exact) mass is 267 g/mol. The van der Waals surface area contributed by atoms with Crippen molar-refractivity contribution in [2.24, 2.45) is 5.41 Å². The second kappa shape index (κ2) is 7.01. The van der Waals surface area contributed by atoms with E-state index >= 15 is 0 Å². The summed E-state index contributed by atoms with van der Waals surface area (Å²) in [6.45, 7) is 9.27. The third-order valence-corrected chi connectivity index (χ3v) is 3.59. The fraction of sp³-hybridized carbons (Fsp3) is 0.625. The van der Waals surface area contributed by atoms with Crippen LogP contribution in [0.1, 0.15) is 50.8 Å². The molecule has 0 aromatic heterocycles. The van der Waals surface area contributed by atoms with E-state index in [1.165, 1.54) is 0 Å². The lowest BCUT2D eigenvalue weighted by atomic mass is 9.87. The molecular weight excluding hydrogens is 241 g/mol. The molecule has 0 amide bonds. The minimum atomic E-state index is -0.148. The van der Waals surface area contributed by atoms with Crippen molar-refractivity contribution in [1.29, 1.82) is 0 Å². The molecule has 1 aromatic carbocycles. The van der Waals surface area contributed by atoms with Gasteiger partial charge in [-0.1, -0.05) is 26.0 Å². The second-order valence-corrected chi connectivity index (χ2v) is 6.10. The molecule has 1 unspecified atom stereocenters. The van der Waals surface area contributed by atoms with Crippen molar-refractivity contribution >= 4 is 0 Å². The fourth-order valence-corrected chi connectivity index (χ4v) is 2.07. The summed E-state index contributed by atoms with van der Waals surface area (Å²) in [7, 11) is 0. The molecule has 0 saturated carbocycles. The van der Waals surface area contributed by atoms with Gasteiger partial charge in [-0.05, 0) is 49.3 Å². The van der Waals surface area contributed by atoms with Crippen LogP contribution in [0, 0.1) is 18.2 Å². The van der Waals surface area contributed by atoms with Gasteiger partial charge in [0, 0.05) is 19.2 Å². The van der Waals surface area contributed by atoms with Crippen LogP contribution in [0.3, 0.4) is 0 Å². The zero-order valence-corrected chi connectivity index (χ0v) is 12.5. The summed E-state index contributed by atoms with van der Waals surface area (Å²) < 4.78 is 13.5. The highest BCUT2D eigenvalue weighted by Gasteiger charge is 2.18. The predicted molar refractivity (Wildman–Crippen MR) is 77.7 cm³/mol. The van der Waals surface area contributed by atoms with E-state index in [0.717, 1.165) is 24.9 Å². The lowest BCUT2D eigenvalue weighted by Gasteiger charge is -2.27. The van der Waals surface area contributed by atoms with Gasteiger partial charge in [0.15, 0.2) is 0 Å². The van der Waals surface area contributed by atoms with Crippen LogP contribution >= 0.6 is 0 Å². The Hall–Kier alpha value is -0.930. The van der Waals surface area contributed by atoms with Gasteiger partial charge in [-0.3, -0.25) is 0 Å². The normalized spacial score (nSPS) is 13.6. The predicted octanol–water partition coefficient (Wildman–Crippen LogP) is 3.58. The average molecular weight is 267 g/mol. The molecule has 19 heavy (non-hydrogen) atoms. The van der Waals surface area contributed by atoms with E-state index in [1.54, 1.807) is 13.0 Å². The molecule has 0 aliphatic heterocycles. The first-order valence-corrected chi connectivity index (χ1v) is 6.96. The summed E-state index contributed by atoms with van der Waals surface area (Å²) in [6.07, 6.45) is 1.80. The van der Waals surface area contributed by atoms with Crippen molar-refractivity contribution < 1.29 is 9.50 Å². The lowest BCUT2D eigenvalue weighted by Crippen LogP contribution is -2.31. The van der Waals surface area contributed by atoms with Crippen molar-refractivity contribution in [3.63, 3.8) is 0 Å². The molecule has 0 spiro atoms. The Kier molecular flexibility index (Phi) is 5.95. The first-order valence-electron chi connectivity index (χ1n) is 6.96. The minimum absolute atomic E-state index is 0.128. The number of rotatable bonds is 7. The lowest BCUT2D eigenvalue weighted by molar-refractivity contribution is 0.233. The maximum atomic E-state index is 13.5. The van der Waals surface area contributed by atoms with Gasteiger partial charge in [0.1, 0.15) is 5.82 Å². The number of aryl methyl sites for hydroxylation is 1. The van der Waals surface area contributed by atoms with Gasteiger partial charge in [0.2, 0.25) is 0 Å². The van der Waals surface area contributed by atoms with Crippen molar-refractivity contribution in [3.05, 3.63) is 35.1 Å². The molecule has 2 nitrogen and oxygen atoms in total. The molecule has 1 rings (SSSR count). The molecule has 0 aliphatic rings. The molecule has 0 fully saturated rings. The van der Waals surface area contributed by atoms with Crippen molar-refractivity contribution in [2.45, 2.75) is 46.6 Å². The molecule has 0 heterocycles. The first-order chi connectivity index (χ1) is 8.85. The van der Waals surface area contributed by atoms with Gasteiger partial charge in [0.25, 0.3) is 0 Å². The smallest absolute Gasteiger partial charge is 0.126 e. The molecular formula is C16H26FNO.